The first kappa shape index (κ1) is 31.7. The maximum atomic E-state index is 13.9. The molecular formula is C37H43ClN4O2S. The van der Waals surface area contributed by atoms with Crippen molar-refractivity contribution in [1.82, 2.24) is 15.1 Å². The maximum Gasteiger partial charge on any atom is 0.260 e. The molecule has 2 unspecified atom stereocenters. The highest BCUT2D eigenvalue weighted by molar-refractivity contribution is 8.04. The Hall–Kier alpha value is -3.26. The molecule has 236 valence electrons. The van der Waals surface area contributed by atoms with Gasteiger partial charge in [0.05, 0.1) is 4.91 Å². The van der Waals surface area contributed by atoms with Crippen LogP contribution in [0.15, 0.2) is 71.6 Å². The fraction of sp³-hybridized carbons (Fsp3) is 0.405. The van der Waals surface area contributed by atoms with Crippen LogP contribution in [0.3, 0.4) is 0 Å². The van der Waals surface area contributed by atoms with E-state index >= 15 is 0 Å². The molecule has 3 aromatic rings. The number of nitrogens with zero attached hydrogens (tertiary/aromatic N) is 3. The zero-order valence-electron chi connectivity index (χ0n) is 26.3. The standard InChI is InChI=1S/C37H43ClN4O2S/c1-26-10-11-27(2)30(22-26)25-42-33-8-3-4-9-34(33)45-35(37(42)44)23-28-12-14-29(15-13-28)36(43)39-16-17-40-18-20-41(21-19-40)32-7-5-6-31(38)24-32/h5-7,10-15,22-24,33-34H,3-4,8-9,16-21,25H2,1-2H3,(H,39,43)/b35-23-. The van der Waals surface area contributed by atoms with Crippen molar-refractivity contribution in [2.45, 2.75) is 57.4 Å². The van der Waals surface area contributed by atoms with Crippen LogP contribution in [0.5, 0.6) is 0 Å². The van der Waals surface area contributed by atoms with Gasteiger partial charge >= 0.3 is 0 Å². The number of amides is 2. The van der Waals surface area contributed by atoms with Crippen molar-refractivity contribution < 1.29 is 9.59 Å². The molecule has 0 spiro atoms. The molecule has 2 heterocycles. The fourth-order valence-electron chi connectivity index (χ4n) is 6.73. The molecule has 3 fully saturated rings. The lowest BCUT2D eigenvalue weighted by atomic mass is 9.92. The second kappa shape index (κ2) is 14.4. The summed E-state index contributed by atoms with van der Waals surface area (Å²) in [5.41, 5.74) is 6.43. The van der Waals surface area contributed by atoms with Gasteiger partial charge in [-0.15, -0.1) is 11.8 Å². The fourth-order valence-corrected chi connectivity index (χ4v) is 8.39. The molecule has 6 nitrogen and oxygen atoms in total. The third-order valence-electron chi connectivity index (χ3n) is 9.39. The Bertz CT molecular complexity index is 1550. The Morgan fingerprint density at radius 1 is 0.978 bits per heavy atom. The molecule has 2 amide bonds. The minimum Gasteiger partial charge on any atom is -0.369 e. The molecule has 45 heavy (non-hydrogen) atoms. The van der Waals surface area contributed by atoms with Crippen LogP contribution >= 0.6 is 23.4 Å². The van der Waals surface area contributed by atoms with Crippen LogP contribution in [-0.4, -0.2) is 72.2 Å². The Labute approximate surface area is 276 Å². The van der Waals surface area contributed by atoms with E-state index in [0.717, 1.165) is 66.7 Å². The van der Waals surface area contributed by atoms with Crippen LogP contribution in [0.25, 0.3) is 6.08 Å². The molecular weight excluding hydrogens is 600 g/mol. The summed E-state index contributed by atoms with van der Waals surface area (Å²) in [7, 11) is 0. The van der Waals surface area contributed by atoms with Crippen molar-refractivity contribution in [2.75, 3.05) is 44.2 Å². The molecule has 0 aromatic heterocycles. The molecule has 0 bridgehead atoms. The van der Waals surface area contributed by atoms with E-state index in [0.29, 0.717) is 23.9 Å². The number of benzene rings is 3. The number of aryl methyl sites for hydroxylation is 2. The minimum absolute atomic E-state index is 0.0698. The predicted molar refractivity (Wildman–Crippen MR) is 187 cm³/mol. The van der Waals surface area contributed by atoms with Crippen molar-refractivity contribution in [3.05, 3.63) is 104 Å². The van der Waals surface area contributed by atoms with E-state index in [2.05, 4.69) is 58.1 Å². The van der Waals surface area contributed by atoms with Crippen LogP contribution in [0, 0.1) is 13.8 Å². The molecule has 3 aromatic carbocycles. The molecule has 1 aliphatic carbocycles. The maximum absolute atomic E-state index is 13.9. The van der Waals surface area contributed by atoms with Crippen molar-refractivity contribution in [2.24, 2.45) is 0 Å². The van der Waals surface area contributed by atoms with Gasteiger partial charge in [0.15, 0.2) is 0 Å². The smallest absolute Gasteiger partial charge is 0.260 e. The number of thioether (sulfide) groups is 1. The Kier molecular flexibility index (Phi) is 10.2. The molecule has 2 aliphatic heterocycles. The number of hydrogen-bond donors (Lipinski definition) is 1. The molecule has 1 N–H and O–H groups in total. The summed E-state index contributed by atoms with van der Waals surface area (Å²) in [5.74, 6) is 0.0545. The van der Waals surface area contributed by atoms with E-state index in [1.54, 1.807) is 11.8 Å². The van der Waals surface area contributed by atoms with E-state index in [9.17, 15) is 9.59 Å². The van der Waals surface area contributed by atoms with Gasteiger partial charge in [-0.1, -0.05) is 66.4 Å². The number of carbonyl (C=O) groups excluding carboxylic acids is 2. The number of piperazine rings is 1. The van der Waals surface area contributed by atoms with Crippen molar-refractivity contribution in [1.29, 1.82) is 0 Å². The normalized spacial score (nSPS) is 21.6. The summed E-state index contributed by atoms with van der Waals surface area (Å²) >= 11 is 7.92. The number of anilines is 1. The largest absolute Gasteiger partial charge is 0.369 e. The van der Waals surface area contributed by atoms with Gasteiger partial charge in [-0.3, -0.25) is 14.5 Å². The summed E-state index contributed by atoms with van der Waals surface area (Å²) in [5, 5.41) is 4.27. The highest BCUT2D eigenvalue weighted by Gasteiger charge is 2.40. The zero-order chi connectivity index (χ0) is 31.3. The number of carbonyl (C=O) groups is 2. The van der Waals surface area contributed by atoms with Gasteiger partial charge in [-0.05, 0) is 79.8 Å². The van der Waals surface area contributed by atoms with E-state index in [-0.39, 0.29) is 17.9 Å². The first-order valence-electron chi connectivity index (χ1n) is 16.2. The zero-order valence-corrected chi connectivity index (χ0v) is 27.9. The lowest BCUT2D eigenvalue weighted by molar-refractivity contribution is -0.130. The third kappa shape index (κ3) is 7.76. The lowest BCUT2D eigenvalue weighted by Crippen LogP contribution is -2.50. The molecule has 6 rings (SSSR count). The first-order chi connectivity index (χ1) is 21.8. The summed E-state index contributed by atoms with van der Waals surface area (Å²) in [6.07, 6.45) is 6.63. The highest BCUT2D eigenvalue weighted by Crippen LogP contribution is 2.43. The Balaban J connectivity index is 1.04. The average Bonchev–Trinajstić information content (AvgIpc) is 3.05. The van der Waals surface area contributed by atoms with E-state index < -0.39 is 0 Å². The molecule has 1 saturated carbocycles. The highest BCUT2D eigenvalue weighted by atomic mass is 35.5. The second-order valence-electron chi connectivity index (χ2n) is 12.6. The van der Waals surface area contributed by atoms with Gasteiger partial charge in [0, 0.05) is 73.4 Å². The summed E-state index contributed by atoms with van der Waals surface area (Å²) < 4.78 is 0. The van der Waals surface area contributed by atoms with Gasteiger partial charge in [-0.25, -0.2) is 0 Å². The van der Waals surface area contributed by atoms with Crippen LogP contribution in [-0.2, 0) is 11.3 Å². The topological polar surface area (TPSA) is 55.9 Å². The molecule has 0 radical (unpaired) electrons. The van der Waals surface area contributed by atoms with E-state index in [4.69, 9.17) is 11.6 Å². The van der Waals surface area contributed by atoms with Crippen molar-refractivity contribution in [3.8, 4) is 0 Å². The predicted octanol–water partition coefficient (Wildman–Crippen LogP) is 6.94. The summed E-state index contributed by atoms with van der Waals surface area (Å²) in [6, 6.07) is 22.4. The van der Waals surface area contributed by atoms with Gasteiger partial charge in [0.1, 0.15) is 0 Å². The Morgan fingerprint density at radius 2 is 1.76 bits per heavy atom. The average molecular weight is 643 g/mol. The van der Waals surface area contributed by atoms with Crippen LogP contribution in [0.1, 0.15) is 58.3 Å². The second-order valence-corrected chi connectivity index (χ2v) is 14.3. The number of fused-ring (bicyclic) bond motifs is 1. The van der Waals surface area contributed by atoms with Gasteiger partial charge in [-0.2, -0.15) is 0 Å². The van der Waals surface area contributed by atoms with Crippen LogP contribution in [0.4, 0.5) is 5.69 Å². The number of halogens is 1. The van der Waals surface area contributed by atoms with Crippen LogP contribution in [0.2, 0.25) is 5.02 Å². The first-order valence-corrected chi connectivity index (χ1v) is 17.5. The van der Waals surface area contributed by atoms with Crippen LogP contribution < -0.4 is 10.2 Å². The number of rotatable bonds is 8. The molecule has 2 atom stereocenters. The quantitative estimate of drug-likeness (QED) is 0.270. The molecule has 2 saturated heterocycles. The molecule has 8 heteroatoms. The van der Waals surface area contributed by atoms with Crippen molar-refractivity contribution >= 4 is 46.9 Å². The van der Waals surface area contributed by atoms with Gasteiger partial charge < -0.3 is 15.1 Å². The molecule has 3 aliphatic rings. The minimum atomic E-state index is -0.0698. The third-order valence-corrected chi connectivity index (χ3v) is 11.0. The monoisotopic (exact) mass is 642 g/mol. The summed E-state index contributed by atoms with van der Waals surface area (Å²) in [4.78, 5) is 34.5. The SMILES string of the molecule is Cc1ccc(C)c(CN2C(=O)/C(=C/c3ccc(C(=O)NCCN4CCN(c5cccc(Cl)c5)CC4)cc3)SC3CCCCC32)c1. The van der Waals surface area contributed by atoms with Gasteiger partial charge in [0.2, 0.25) is 0 Å². The van der Waals surface area contributed by atoms with E-state index in [1.165, 1.54) is 29.5 Å². The lowest BCUT2D eigenvalue weighted by Gasteiger charge is -2.44. The van der Waals surface area contributed by atoms with Gasteiger partial charge in [0.25, 0.3) is 11.8 Å². The number of hydrogen-bond acceptors (Lipinski definition) is 5. The van der Waals surface area contributed by atoms with E-state index in [1.807, 2.05) is 48.5 Å². The van der Waals surface area contributed by atoms with Crippen molar-refractivity contribution in [3.63, 3.8) is 0 Å². The number of nitrogens with one attached hydrogen (secondary N) is 1. The Morgan fingerprint density at radius 3 is 2.53 bits per heavy atom. The summed E-state index contributed by atoms with van der Waals surface area (Å²) in [6.45, 7) is 10.1.